The highest BCUT2D eigenvalue weighted by molar-refractivity contribution is 9.10. The number of aromatic nitrogens is 4. The standard InChI is InChI=1S/C31H40BrN8O2P/c1-7-39(8-2)21-11-15-40(16-12-21)26-18-27(42-4)25(17-20(26)3)37-31-35-19-22(32)30(38-31)36-24-10-9-23-28(34-14-13-33-23)29(24)43(5,6)41/h9-10,13-14,17-19,21H,7-8,11-12,15-16H2,1-6H3,(H2,35,36,37,38). The van der Waals surface area contributed by atoms with Gasteiger partial charge in [-0.25, -0.2) is 4.98 Å². The number of hydrogen-bond acceptors (Lipinski definition) is 10. The molecule has 0 aliphatic carbocycles. The van der Waals surface area contributed by atoms with E-state index >= 15 is 0 Å². The van der Waals surface area contributed by atoms with E-state index in [1.54, 1.807) is 39.0 Å². The number of hydrogen-bond donors (Lipinski definition) is 2. The van der Waals surface area contributed by atoms with E-state index < -0.39 is 7.14 Å². The highest BCUT2D eigenvalue weighted by atomic mass is 79.9. The van der Waals surface area contributed by atoms with Crippen molar-refractivity contribution in [2.45, 2.75) is 39.7 Å². The Balaban J connectivity index is 1.39. The molecule has 12 heteroatoms. The van der Waals surface area contributed by atoms with Crippen LogP contribution >= 0.6 is 23.1 Å². The zero-order valence-corrected chi connectivity index (χ0v) is 28.2. The fourth-order valence-electron chi connectivity index (χ4n) is 5.93. The van der Waals surface area contributed by atoms with Gasteiger partial charge in [-0.1, -0.05) is 13.8 Å². The summed E-state index contributed by atoms with van der Waals surface area (Å²) < 4.78 is 19.9. The van der Waals surface area contributed by atoms with Gasteiger partial charge in [-0.3, -0.25) is 9.97 Å². The smallest absolute Gasteiger partial charge is 0.229 e. The molecule has 43 heavy (non-hydrogen) atoms. The van der Waals surface area contributed by atoms with Crippen molar-refractivity contribution in [3.05, 3.63) is 52.9 Å². The van der Waals surface area contributed by atoms with Crippen molar-refractivity contribution in [1.29, 1.82) is 0 Å². The molecular weight excluding hydrogens is 627 g/mol. The molecule has 1 aliphatic rings. The van der Waals surface area contributed by atoms with Gasteiger partial charge in [0.25, 0.3) is 0 Å². The van der Waals surface area contributed by atoms with Gasteiger partial charge in [0.2, 0.25) is 5.95 Å². The third-order valence-electron chi connectivity index (χ3n) is 8.05. The first-order valence-electron chi connectivity index (χ1n) is 14.7. The maximum atomic E-state index is 13.4. The molecule has 0 spiro atoms. The fraction of sp³-hybridized carbons (Fsp3) is 0.419. The Morgan fingerprint density at radius 1 is 1.05 bits per heavy atom. The van der Waals surface area contributed by atoms with E-state index in [4.69, 9.17) is 9.72 Å². The third-order valence-corrected chi connectivity index (χ3v) is 10.2. The Bertz CT molecular complexity index is 1650. The summed E-state index contributed by atoms with van der Waals surface area (Å²) in [5, 5.41) is 7.34. The minimum absolute atomic E-state index is 0.398. The van der Waals surface area contributed by atoms with E-state index in [0.29, 0.717) is 44.3 Å². The summed E-state index contributed by atoms with van der Waals surface area (Å²) in [5.74, 6) is 1.65. The number of nitrogens with zero attached hydrogens (tertiary/aromatic N) is 6. The normalized spacial score (nSPS) is 14.4. The van der Waals surface area contributed by atoms with Crippen LogP contribution < -0.4 is 25.6 Å². The molecule has 1 fully saturated rings. The van der Waals surface area contributed by atoms with Crippen LogP contribution in [0.15, 0.2) is 47.3 Å². The van der Waals surface area contributed by atoms with Gasteiger partial charge in [0.1, 0.15) is 24.2 Å². The molecule has 0 radical (unpaired) electrons. The Hall–Kier alpha value is -3.27. The van der Waals surface area contributed by atoms with Crippen LogP contribution in [0, 0.1) is 6.92 Å². The quantitative estimate of drug-likeness (QED) is 0.181. The number of halogens is 1. The molecule has 4 aromatic rings. The Morgan fingerprint density at radius 3 is 2.44 bits per heavy atom. The Kier molecular flexibility index (Phi) is 9.54. The van der Waals surface area contributed by atoms with Gasteiger partial charge in [-0.2, -0.15) is 4.98 Å². The summed E-state index contributed by atoms with van der Waals surface area (Å²) in [5.41, 5.74) is 5.09. The van der Waals surface area contributed by atoms with E-state index in [0.717, 1.165) is 56.0 Å². The molecule has 3 heterocycles. The summed E-state index contributed by atoms with van der Waals surface area (Å²) in [4.78, 5) is 23.1. The number of methoxy groups -OCH3 is 1. The maximum absolute atomic E-state index is 13.4. The second kappa shape index (κ2) is 13.2. The largest absolute Gasteiger partial charge is 0.494 e. The van der Waals surface area contributed by atoms with Crippen LogP contribution in [0.25, 0.3) is 11.0 Å². The van der Waals surface area contributed by atoms with Crippen molar-refractivity contribution in [3.63, 3.8) is 0 Å². The number of piperidine rings is 1. The van der Waals surface area contributed by atoms with Crippen LogP contribution in [-0.2, 0) is 4.57 Å². The monoisotopic (exact) mass is 666 g/mol. The molecular formula is C31H40BrN8O2P. The van der Waals surface area contributed by atoms with E-state index in [2.05, 4.69) is 84.2 Å². The molecule has 2 aromatic heterocycles. The van der Waals surface area contributed by atoms with Gasteiger partial charge in [0, 0.05) is 49.5 Å². The van der Waals surface area contributed by atoms with Crippen LogP contribution in [-0.4, -0.2) is 77.5 Å². The van der Waals surface area contributed by atoms with Crippen molar-refractivity contribution in [1.82, 2.24) is 24.8 Å². The van der Waals surface area contributed by atoms with Gasteiger partial charge < -0.3 is 29.7 Å². The summed E-state index contributed by atoms with van der Waals surface area (Å²) in [6.07, 6.45) is 7.24. The minimum Gasteiger partial charge on any atom is -0.494 e. The predicted octanol–water partition coefficient (Wildman–Crippen LogP) is 6.55. The average molecular weight is 668 g/mol. The summed E-state index contributed by atoms with van der Waals surface area (Å²) in [6.45, 7) is 14.3. The van der Waals surface area contributed by atoms with Crippen molar-refractivity contribution in [2.24, 2.45) is 0 Å². The molecule has 5 rings (SSSR count). The summed E-state index contributed by atoms with van der Waals surface area (Å²) in [7, 11) is -1.05. The first-order valence-corrected chi connectivity index (χ1v) is 18.1. The van der Waals surface area contributed by atoms with Crippen LogP contribution in [0.2, 0.25) is 0 Å². The first-order chi connectivity index (χ1) is 20.6. The van der Waals surface area contributed by atoms with Crippen LogP contribution in [0.4, 0.5) is 28.8 Å². The topological polar surface area (TPSA) is 108 Å². The molecule has 0 saturated carbocycles. The first kappa shape index (κ1) is 31.2. The summed E-state index contributed by atoms with van der Waals surface area (Å²) in [6, 6.07) is 8.57. The highest BCUT2D eigenvalue weighted by Crippen LogP contribution is 2.41. The lowest BCUT2D eigenvalue weighted by Crippen LogP contribution is -2.45. The molecule has 0 amide bonds. The minimum atomic E-state index is -2.73. The number of benzene rings is 2. The number of fused-ring (bicyclic) bond motifs is 1. The molecule has 0 atom stereocenters. The molecule has 10 nitrogen and oxygen atoms in total. The van der Waals surface area contributed by atoms with Gasteiger partial charge in [0.15, 0.2) is 0 Å². The average Bonchev–Trinajstić information content (AvgIpc) is 2.99. The van der Waals surface area contributed by atoms with E-state index in [1.807, 2.05) is 12.1 Å². The highest BCUT2D eigenvalue weighted by Gasteiger charge is 2.25. The summed E-state index contributed by atoms with van der Waals surface area (Å²) >= 11 is 3.57. The fourth-order valence-corrected chi connectivity index (χ4v) is 7.61. The van der Waals surface area contributed by atoms with Crippen LogP contribution in [0.3, 0.4) is 0 Å². The molecule has 228 valence electrons. The second-order valence-electron chi connectivity index (χ2n) is 11.2. The maximum Gasteiger partial charge on any atom is 0.229 e. The molecule has 2 aromatic carbocycles. The van der Waals surface area contributed by atoms with Crippen molar-refractivity contribution in [3.8, 4) is 5.75 Å². The van der Waals surface area contributed by atoms with Crippen LogP contribution in [0.1, 0.15) is 32.3 Å². The lowest BCUT2D eigenvalue weighted by atomic mass is 10.0. The zero-order valence-electron chi connectivity index (χ0n) is 25.7. The third kappa shape index (κ3) is 6.79. The number of ether oxygens (including phenoxy) is 1. The molecule has 0 bridgehead atoms. The number of nitrogens with one attached hydrogen (secondary N) is 2. The van der Waals surface area contributed by atoms with Crippen LogP contribution in [0.5, 0.6) is 5.75 Å². The van der Waals surface area contributed by atoms with Gasteiger partial charge in [-0.15, -0.1) is 0 Å². The molecule has 1 saturated heterocycles. The van der Waals surface area contributed by atoms with E-state index in [9.17, 15) is 4.57 Å². The van der Waals surface area contributed by atoms with E-state index in [-0.39, 0.29) is 0 Å². The number of aryl methyl sites for hydroxylation is 1. The molecule has 2 N–H and O–H groups in total. The van der Waals surface area contributed by atoms with E-state index in [1.165, 1.54) is 5.69 Å². The van der Waals surface area contributed by atoms with Crippen molar-refractivity contribution < 1.29 is 9.30 Å². The molecule has 0 unspecified atom stereocenters. The lowest BCUT2D eigenvalue weighted by molar-refractivity contribution is 0.186. The van der Waals surface area contributed by atoms with Gasteiger partial charge in [-0.05, 0) is 85.9 Å². The van der Waals surface area contributed by atoms with Crippen molar-refractivity contribution >= 4 is 68.2 Å². The van der Waals surface area contributed by atoms with Gasteiger partial charge in [0.05, 0.1) is 33.8 Å². The number of anilines is 5. The zero-order chi connectivity index (χ0) is 30.7. The Labute approximate surface area is 262 Å². The Morgan fingerprint density at radius 2 is 1.77 bits per heavy atom. The second-order valence-corrected chi connectivity index (χ2v) is 15.2. The molecule has 1 aliphatic heterocycles. The predicted molar refractivity (Wildman–Crippen MR) is 181 cm³/mol. The van der Waals surface area contributed by atoms with Gasteiger partial charge >= 0.3 is 0 Å². The lowest BCUT2D eigenvalue weighted by Gasteiger charge is -2.39. The SMILES string of the molecule is CCN(CC)C1CCN(c2cc(OC)c(Nc3ncc(Br)c(Nc4ccc5nccnc5c4P(C)(C)=O)n3)cc2C)CC1. The number of rotatable bonds is 10. The van der Waals surface area contributed by atoms with Crippen molar-refractivity contribution in [2.75, 3.05) is 62.2 Å².